The third-order valence-corrected chi connectivity index (χ3v) is 2.82. The molecule has 2 rings (SSSR count). The van der Waals surface area contributed by atoms with Crippen molar-refractivity contribution in [1.82, 2.24) is 0 Å². The summed E-state index contributed by atoms with van der Waals surface area (Å²) in [7, 11) is 0. The van der Waals surface area contributed by atoms with Crippen molar-refractivity contribution in [2.75, 3.05) is 13.2 Å². The van der Waals surface area contributed by atoms with Gasteiger partial charge < -0.3 is 29.2 Å². The molecule has 0 unspecified atom stereocenters. The summed E-state index contributed by atoms with van der Waals surface area (Å²) in [6.45, 7) is 3.56. The van der Waals surface area contributed by atoms with E-state index in [9.17, 15) is 5.11 Å². The molecule has 0 radical (unpaired) electrons. The zero-order valence-corrected chi connectivity index (χ0v) is 9.41. The highest BCUT2D eigenvalue weighted by atomic mass is 16.8. The van der Waals surface area contributed by atoms with Crippen molar-refractivity contribution in [3.8, 4) is 0 Å². The van der Waals surface area contributed by atoms with Crippen LogP contribution in [0.5, 0.6) is 0 Å². The van der Waals surface area contributed by atoms with E-state index in [4.69, 9.17) is 24.1 Å². The second-order valence-corrected chi connectivity index (χ2v) is 4.09. The third kappa shape index (κ3) is 2.37. The fourth-order valence-corrected chi connectivity index (χ4v) is 2.07. The van der Waals surface area contributed by atoms with Gasteiger partial charge in [-0.05, 0) is 13.8 Å². The molecule has 6 nitrogen and oxygen atoms in total. The predicted octanol–water partition coefficient (Wildman–Crippen LogP) is -0.769. The van der Waals surface area contributed by atoms with Crippen molar-refractivity contribution in [1.29, 1.82) is 0 Å². The standard InChI is InChI=1S/C10H18O6/c1-5-13-4-8-10(15-5)9(7(12)3-11)16-6(2)14-8/h5-12H,3-4H2,1-2H3/t5-,6-,7-,8-,9+,10-/m1/s1. The summed E-state index contributed by atoms with van der Waals surface area (Å²) in [6.07, 6.45) is -2.99. The second kappa shape index (κ2) is 4.95. The number of hydrogen-bond acceptors (Lipinski definition) is 6. The molecule has 94 valence electrons. The normalized spacial score (nSPS) is 46.1. The van der Waals surface area contributed by atoms with Gasteiger partial charge in [-0.3, -0.25) is 0 Å². The second-order valence-electron chi connectivity index (χ2n) is 4.09. The van der Waals surface area contributed by atoms with Crippen molar-refractivity contribution < 1.29 is 29.2 Å². The van der Waals surface area contributed by atoms with E-state index in [0.717, 1.165) is 0 Å². The lowest BCUT2D eigenvalue weighted by molar-refractivity contribution is -0.361. The Kier molecular flexibility index (Phi) is 3.78. The van der Waals surface area contributed by atoms with Crippen molar-refractivity contribution >= 4 is 0 Å². The molecule has 0 saturated carbocycles. The fourth-order valence-electron chi connectivity index (χ4n) is 2.07. The molecule has 0 spiro atoms. The monoisotopic (exact) mass is 234 g/mol. The summed E-state index contributed by atoms with van der Waals surface area (Å²) in [6, 6.07) is 0. The first-order valence-corrected chi connectivity index (χ1v) is 5.48. The van der Waals surface area contributed by atoms with Gasteiger partial charge in [-0.2, -0.15) is 0 Å². The Morgan fingerprint density at radius 2 is 1.94 bits per heavy atom. The molecule has 2 saturated heterocycles. The van der Waals surface area contributed by atoms with Crippen LogP contribution in [0, 0.1) is 0 Å². The van der Waals surface area contributed by atoms with E-state index in [2.05, 4.69) is 0 Å². The molecular weight excluding hydrogens is 216 g/mol. The van der Waals surface area contributed by atoms with Gasteiger partial charge in [0.2, 0.25) is 0 Å². The van der Waals surface area contributed by atoms with Gasteiger partial charge in [0.25, 0.3) is 0 Å². The van der Waals surface area contributed by atoms with Gasteiger partial charge in [0.05, 0.1) is 13.2 Å². The van der Waals surface area contributed by atoms with E-state index in [1.54, 1.807) is 13.8 Å². The van der Waals surface area contributed by atoms with Crippen LogP contribution in [0.25, 0.3) is 0 Å². The van der Waals surface area contributed by atoms with Crippen molar-refractivity contribution in [3.05, 3.63) is 0 Å². The summed E-state index contributed by atoms with van der Waals surface area (Å²) in [5.74, 6) is 0. The first-order valence-electron chi connectivity index (χ1n) is 5.48. The Morgan fingerprint density at radius 3 is 2.62 bits per heavy atom. The van der Waals surface area contributed by atoms with Gasteiger partial charge >= 0.3 is 0 Å². The Bertz CT molecular complexity index is 233. The van der Waals surface area contributed by atoms with Crippen LogP contribution in [0.2, 0.25) is 0 Å². The van der Waals surface area contributed by atoms with Crippen LogP contribution in [0.3, 0.4) is 0 Å². The Hall–Kier alpha value is -0.240. The van der Waals surface area contributed by atoms with Crippen molar-refractivity contribution in [2.45, 2.75) is 50.8 Å². The summed E-state index contributed by atoms with van der Waals surface area (Å²) in [5.41, 5.74) is 0. The van der Waals surface area contributed by atoms with E-state index in [1.165, 1.54) is 0 Å². The predicted molar refractivity (Wildman–Crippen MR) is 52.6 cm³/mol. The summed E-state index contributed by atoms with van der Waals surface area (Å²) < 4.78 is 21.8. The lowest BCUT2D eigenvalue weighted by atomic mass is 10.0. The molecule has 0 bridgehead atoms. The van der Waals surface area contributed by atoms with E-state index >= 15 is 0 Å². The van der Waals surface area contributed by atoms with Crippen LogP contribution in [-0.4, -0.2) is 60.4 Å². The molecule has 0 aliphatic carbocycles. The molecule has 0 aromatic heterocycles. The number of ether oxygens (including phenoxy) is 4. The average molecular weight is 234 g/mol. The Labute approximate surface area is 94.1 Å². The highest BCUT2D eigenvalue weighted by molar-refractivity contribution is 4.89. The van der Waals surface area contributed by atoms with Crippen molar-refractivity contribution in [2.24, 2.45) is 0 Å². The van der Waals surface area contributed by atoms with Gasteiger partial charge in [-0.25, -0.2) is 0 Å². The number of aliphatic hydroxyl groups excluding tert-OH is 2. The molecule has 6 heteroatoms. The Balaban J connectivity index is 2.08. The van der Waals surface area contributed by atoms with E-state index in [1.807, 2.05) is 0 Å². The fraction of sp³-hybridized carbons (Fsp3) is 1.00. The van der Waals surface area contributed by atoms with Crippen LogP contribution in [0.4, 0.5) is 0 Å². The average Bonchev–Trinajstić information content (AvgIpc) is 2.27. The van der Waals surface area contributed by atoms with Gasteiger partial charge in [-0.15, -0.1) is 0 Å². The molecule has 0 aromatic carbocycles. The van der Waals surface area contributed by atoms with E-state index in [0.29, 0.717) is 6.61 Å². The highest BCUT2D eigenvalue weighted by Crippen LogP contribution is 2.28. The van der Waals surface area contributed by atoms with Crippen molar-refractivity contribution in [3.63, 3.8) is 0 Å². The quantitative estimate of drug-likeness (QED) is 0.653. The number of rotatable bonds is 2. The van der Waals surface area contributed by atoms with Crippen LogP contribution in [-0.2, 0) is 18.9 Å². The molecule has 2 N–H and O–H groups in total. The number of aliphatic hydroxyl groups is 2. The van der Waals surface area contributed by atoms with Gasteiger partial charge in [0.1, 0.15) is 24.4 Å². The first-order chi connectivity index (χ1) is 7.61. The van der Waals surface area contributed by atoms with E-state index in [-0.39, 0.29) is 19.0 Å². The van der Waals surface area contributed by atoms with Crippen LogP contribution >= 0.6 is 0 Å². The number of fused-ring (bicyclic) bond motifs is 1. The van der Waals surface area contributed by atoms with Gasteiger partial charge in [0, 0.05) is 0 Å². The van der Waals surface area contributed by atoms with E-state index < -0.39 is 24.6 Å². The summed E-state index contributed by atoms with van der Waals surface area (Å²) in [5, 5.41) is 18.6. The molecule has 2 aliphatic rings. The maximum absolute atomic E-state index is 9.67. The van der Waals surface area contributed by atoms with Crippen LogP contribution in [0.1, 0.15) is 13.8 Å². The molecule has 2 heterocycles. The summed E-state index contributed by atoms with van der Waals surface area (Å²) >= 11 is 0. The van der Waals surface area contributed by atoms with Crippen LogP contribution < -0.4 is 0 Å². The van der Waals surface area contributed by atoms with Gasteiger partial charge in [0.15, 0.2) is 12.6 Å². The molecule has 16 heavy (non-hydrogen) atoms. The molecule has 2 aliphatic heterocycles. The minimum atomic E-state index is -0.968. The smallest absolute Gasteiger partial charge is 0.156 e. The molecule has 2 fully saturated rings. The minimum absolute atomic E-state index is 0.258. The van der Waals surface area contributed by atoms with Crippen LogP contribution in [0.15, 0.2) is 0 Å². The lowest BCUT2D eigenvalue weighted by Gasteiger charge is -2.45. The topological polar surface area (TPSA) is 77.4 Å². The highest BCUT2D eigenvalue weighted by Gasteiger charge is 2.45. The molecule has 6 atom stereocenters. The molecule has 0 amide bonds. The lowest BCUT2D eigenvalue weighted by Crippen LogP contribution is -2.60. The maximum atomic E-state index is 9.67. The third-order valence-electron chi connectivity index (χ3n) is 2.82. The largest absolute Gasteiger partial charge is 0.394 e. The zero-order valence-electron chi connectivity index (χ0n) is 9.41. The summed E-state index contributed by atoms with van der Waals surface area (Å²) in [4.78, 5) is 0. The Morgan fingerprint density at radius 1 is 1.19 bits per heavy atom. The zero-order chi connectivity index (χ0) is 11.7. The first kappa shape index (κ1) is 12.2. The molecular formula is C10H18O6. The maximum Gasteiger partial charge on any atom is 0.156 e. The van der Waals surface area contributed by atoms with Gasteiger partial charge in [-0.1, -0.05) is 0 Å². The SMILES string of the molecule is C[C@@H]1OC[C@H]2O[C@@H](C)O[C@@H]([C@H](O)CO)[C@@H]2O1. The number of hydrogen-bond donors (Lipinski definition) is 2. The molecule has 0 aromatic rings. The minimum Gasteiger partial charge on any atom is -0.394 e.